The molecule has 3 aromatic rings. The van der Waals surface area contributed by atoms with E-state index in [1.165, 1.54) is 7.11 Å². The van der Waals surface area contributed by atoms with Gasteiger partial charge in [-0.15, -0.1) is 0 Å². The van der Waals surface area contributed by atoms with Crippen LogP contribution in [0.25, 0.3) is 0 Å². The van der Waals surface area contributed by atoms with Gasteiger partial charge in [-0.1, -0.05) is 48.0 Å². The number of hydrogen-bond donors (Lipinski definition) is 2. The molecule has 172 valence electrons. The molecule has 0 aliphatic carbocycles. The highest BCUT2D eigenvalue weighted by Gasteiger charge is 2.62. The quantitative estimate of drug-likeness (QED) is 0.584. The molecule has 2 aliphatic heterocycles. The molecule has 0 bridgehead atoms. The molecule has 3 N–H and O–H groups in total. The van der Waals surface area contributed by atoms with Crippen LogP contribution < -0.4 is 20.9 Å². The minimum absolute atomic E-state index is 0.0110. The van der Waals surface area contributed by atoms with Crippen LogP contribution in [-0.2, 0) is 26.3 Å². The highest BCUT2D eigenvalue weighted by atomic mass is 16.5. The summed E-state index contributed by atoms with van der Waals surface area (Å²) in [7, 11) is 1.20. The van der Waals surface area contributed by atoms with Gasteiger partial charge in [-0.3, -0.25) is 9.59 Å². The molecule has 1 spiro atoms. The largest absolute Gasteiger partial charge is 0.465 e. The van der Waals surface area contributed by atoms with Gasteiger partial charge in [-0.2, -0.15) is 0 Å². The van der Waals surface area contributed by atoms with Crippen LogP contribution in [0, 0.1) is 13.8 Å². The number of methoxy groups -OCH3 is 1. The van der Waals surface area contributed by atoms with Crippen LogP contribution in [0.4, 0.5) is 5.69 Å². The normalized spacial score (nSPS) is 18.6. The topological polar surface area (TPSA) is 115 Å². The smallest absolute Gasteiger partial charge is 0.340 e. The lowest BCUT2D eigenvalue weighted by molar-refractivity contribution is -0.138. The Hall–Kier alpha value is -4.33. The monoisotopic (exact) mass is 457 g/mol. The summed E-state index contributed by atoms with van der Waals surface area (Å²) in [6.07, 6.45) is 0. The Morgan fingerprint density at radius 3 is 2.62 bits per heavy atom. The molecule has 2 aliphatic rings. The second-order valence-corrected chi connectivity index (χ2v) is 8.50. The Morgan fingerprint density at radius 1 is 1.12 bits per heavy atom. The lowest BCUT2D eigenvalue weighted by Crippen LogP contribution is -2.51. The molecular weight excluding hydrogens is 434 g/mol. The van der Waals surface area contributed by atoms with Crippen molar-refractivity contribution in [1.29, 1.82) is 0 Å². The number of ether oxygens (including phenoxy) is 2. The van der Waals surface area contributed by atoms with Gasteiger partial charge < -0.3 is 25.1 Å². The summed E-state index contributed by atoms with van der Waals surface area (Å²) in [5.74, 6) is -1.46. The summed E-state index contributed by atoms with van der Waals surface area (Å²) in [6, 6.07) is 16.5. The van der Waals surface area contributed by atoms with Crippen LogP contribution in [0.2, 0.25) is 0 Å². The van der Waals surface area contributed by atoms with Crippen molar-refractivity contribution in [2.24, 2.45) is 5.73 Å². The molecule has 5 rings (SSSR count). The molecule has 0 fully saturated rings. The molecule has 1 aromatic heterocycles. The van der Waals surface area contributed by atoms with E-state index in [0.717, 1.165) is 11.1 Å². The van der Waals surface area contributed by atoms with E-state index < -0.39 is 22.9 Å². The maximum Gasteiger partial charge on any atom is 0.340 e. The molecule has 34 heavy (non-hydrogen) atoms. The Labute approximate surface area is 195 Å². The average molecular weight is 457 g/mol. The number of carbonyl (C=O) groups is 2. The fourth-order valence-corrected chi connectivity index (χ4v) is 5.02. The molecule has 0 unspecified atom stereocenters. The molecule has 8 heteroatoms. The summed E-state index contributed by atoms with van der Waals surface area (Å²) in [4.78, 5) is 45.2. The number of anilines is 1. The number of rotatable bonds is 3. The summed E-state index contributed by atoms with van der Waals surface area (Å²) in [6.45, 7) is 3.91. The second-order valence-electron chi connectivity index (χ2n) is 8.50. The van der Waals surface area contributed by atoms with Crippen molar-refractivity contribution in [3.63, 3.8) is 0 Å². The number of nitrogens with zero attached hydrogens (tertiary/aromatic N) is 1. The Bertz CT molecular complexity index is 1450. The second kappa shape index (κ2) is 7.62. The van der Waals surface area contributed by atoms with Gasteiger partial charge in [0.05, 0.1) is 19.2 Å². The van der Waals surface area contributed by atoms with Gasteiger partial charge in [0, 0.05) is 23.0 Å². The van der Waals surface area contributed by atoms with Crippen LogP contribution in [0.3, 0.4) is 0 Å². The Kier molecular flexibility index (Phi) is 4.82. The zero-order valence-electron chi connectivity index (χ0n) is 19.0. The van der Waals surface area contributed by atoms with Crippen molar-refractivity contribution >= 4 is 17.6 Å². The summed E-state index contributed by atoms with van der Waals surface area (Å²) in [5, 5.41) is 0. The van der Waals surface area contributed by atoms with E-state index in [0.29, 0.717) is 16.9 Å². The summed E-state index contributed by atoms with van der Waals surface area (Å²) in [5.41, 5.74) is 7.22. The van der Waals surface area contributed by atoms with E-state index in [4.69, 9.17) is 15.2 Å². The number of aryl methyl sites for hydroxylation is 2. The number of aromatic nitrogens is 1. The first-order valence-electron chi connectivity index (χ1n) is 10.8. The molecule has 0 radical (unpaired) electrons. The van der Waals surface area contributed by atoms with Gasteiger partial charge in [0.2, 0.25) is 11.8 Å². The van der Waals surface area contributed by atoms with E-state index in [9.17, 15) is 14.4 Å². The molecular formula is C26H23N3O5. The maximum atomic E-state index is 14.4. The number of para-hydroxylation sites is 1. The molecule has 0 saturated heterocycles. The number of hydrogen-bond acceptors (Lipinski definition) is 6. The van der Waals surface area contributed by atoms with Crippen molar-refractivity contribution < 1.29 is 19.1 Å². The third-order valence-corrected chi connectivity index (χ3v) is 6.33. The van der Waals surface area contributed by atoms with Gasteiger partial charge in [0.1, 0.15) is 16.7 Å². The zero-order chi connectivity index (χ0) is 24.2. The van der Waals surface area contributed by atoms with E-state index in [1.807, 2.05) is 31.2 Å². The number of nitrogens with one attached hydrogen (secondary N) is 1. The van der Waals surface area contributed by atoms with Crippen molar-refractivity contribution in [3.8, 4) is 5.75 Å². The van der Waals surface area contributed by atoms with Gasteiger partial charge in [-0.05, 0) is 25.5 Å². The maximum absolute atomic E-state index is 14.4. The van der Waals surface area contributed by atoms with Crippen LogP contribution in [0.5, 0.6) is 5.75 Å². The average Bonchev–Trinajstić information content (AvgIpc) is 3.02. The molecule has 2 aromatic carbocycles. The number of benzene rings is 2. The summed E-state index contributed by atoms with van der Waals surface area (Å²) < 4.78 is 10.7. The first-order chi connectivity index (χ1) is 16.3. The molecule has 3 heterocycles. The van der Waals surface area contributed by atoms with Crippen LogP contribution in [0.15, 0.2) is 70.8 Å². The lowest BCUT2D eigenvalue weighted by Gasteiger charge is -2.35. The first kappa shape index (κ1) is 21.5. The van der Waals surface area contributed by atoms with E-state index >= 15 is 0 Å². The van der Waals surface area contributed by atoms with Gasteiger partial charge >= 0.3 is 5.97 Å². The fourth-order valence-electron chi connectivity index (χ4n) is 5.02. The number of esters is 1. The Morgan fingerprint density at radius 2 is 1.88 bits per heavy atom. The standard InChI is InChI=1S/C26H23N3O5/c1-14-7-6-8-16(11-14)13-29-18-10-5-4-9-17(18)26(25(29)32)20-19(12-15(2)28-23(20)30)34-22(27)21(26)24(31)33-3/h4-12H,13,27H2,1-3H3,(H,28,30)/t26-/m0/s1. The van der Waals surface area contributed by atoms with Crippen LogP contribution in [0.1, 0.15) is 27.9 Å². The SMILES string of the molecule is COC(=O)C1=C(N)Oc2cc(C)[nH]c(=O)c2[C@]12C(=O)N(Cc1cccc(C)c1)c1ccccc12. The number of amides is 1. The van der Waals surface area contributed by atoms with Crippen molar-refractivity contribution in [2.45, 2.75) is 25.8 Å². The number of H-pyrrole nitrogens is 1. The third kappa shape index (κ3) is 2.88. The lowest BCUT2D eigenvalue weighted by atomic mass is 9.68. The number of pyridine rings is 1. The van der Waals surface area contributed by atoms with E-state index in [-0.39, 0.29) is 29.3 Å². The zero-order valence-corrected chi connectivity index (χ0v) is 19.0. The molecule has 8 nitrogen and oxygen atoms in total. The summed E-state index contributed by atoms with van der Waals surface area (Å²) >= 11 is 0. The minimum atomic E-state index is -1.81. The van der Waals surface area contributed by atoms with E-state index in [2.05, 4.69) is 4.98 Å². The van der Waals surface area contributed by atoms with Gasteiger partial charge in [0.15, 0.2) is 0 Å². The van der Waals surface area contributed by atoms with Crippen molar-refractivity contribution in [1.82, 2.24) is 4.98 Å². The molecule has 1 amide bonds. The first-order valence-corrected chi connectivity index (χ1v) is 10.8. The predicted octanol–water partition coefficient (Wildman–Crippen LogP) is 2.56. The Balaban J connectivity index is 1.84. The number of nitrogens with two attached hydrogens (primary N) is 1. The van der Waals surface area contributed by atoms with Crippen LogP contribution >= 0.6 is 0 Å². The predicted molar refractivity (Wildman–Crippen MR) is 125 cm³/mol. The van der Waals surface area contributed by atoms with Crippen molar-refractivity contribution in [2.75, 3.05) is 12.0 Å². The number of fused-ring (bicyclic) bond motifs is 4. The van der Waals surface area contributed by atoms with E-state index in [1.54, 1.807) is 42.2 Å². The number of carbonyl (C=O) groups excluding carboxylic acids is 2. The van der Waals surface area contributed by atoms with Crippen molar-refractivity contribution in [3.05, 3.63) is 104 Å². The number of aromatic amines is 1. The fraction of sp³-hybridized carbons (Fsp3) is 0.192. The van der Waals surface area contributed by atoms with Gasteiger partial charge in [-0.25, -0.2) is 4.79 Å². The molecule has 0 saturated carbocycles. The van der Waals surface area contributed by atoms with Gasteiger partial charge in [0.25, 0.3) is 5.56 Å². The highest BCUT2D eigenvalue weighted by Crippen LogP contribution is 2.54. The van der Waals surface area contributed by atoms with Crippen LogP contribution in [-0.4, -0.2) is 24.0 Å². The minimum Gasteiger partial charge on any atom is -0.465 e. The highest BCUT2D eigenvalue weighted by molar-refractivity contribution is 6.18. The third-order valence-electron chi connectivity index (χ3n) is 6.33. The molecule has 1 atom stereocenters.